The van der Waals surface area contributed by atoms with Gasteiger partial charge in [-0.3, -0.25) is 0 Å². The molecule has 2 saturated heterocycles. The molecule has 3 aromatic rings. The van der Waals surface area contributed by atoms with Crippen molar-refractivity contribution in [1.29, 1.82) is 0 Å². The Labute approximate surface area is 179 Å². The van der Waals surface area contributed by atoms with Crippen molar-refractivity contribution in [1.82, 2.24) is 15.0 Å². The van der Waals surface area contributed by atoms with E-state index in [-0.39, 0.29) is 34.8 Å². The van der Waals surface area contributed by atoms with Crippen LogP contribution in [0.1, 0.15) is 37.8 Å². The second-order valence-corrected chi connectivity index (χ2v) is 9.48. The predicted octanol–water partition coefficient (Wildman–Crippen LogP) is 4.24. The summed E-state index contributed by atoms with van der Waals surface area (Å²) in [4.78, 5) is 10.3. The number of hydrogen-bond donors (Lipinski definition) is 2. The number of alkyl halides is 3. The molecule has 0 saturated carbocycles. The summed E-state index contributed by atoms with van der Waals surface area (Å²) in [6.45, 7) is 3.45. The average Bonchev–Trinajstić information content (AvgIpc) is 3.37. The number of aliphatic hydroxyl groups is 1. The lowest BCUT2D eigenvalue weighted by Gasteiger charge is -2.36. The van der Waals surface area contributed by atoms with Crippen LogP contribution in [0.2, 0.25) is 0 Å². The van der Waals surface area contributed by atoms with Gasteiger partial charge in [0, 0.05) is 24.7 Å². The largest absolute Gasteiger partial charge is 0.423 e. The summed E-state index contributed by atoms with van der Waals surface area (Å²) in [6.07, 6.45) is -1.58. The number of nitrogens with zero attached hydrogens (tertiary/aromatic N) is 4. The number of benzene rings is 1. The van der Waals surface area contributed by atoms with Gasteiger partial charge in [-0.15, -0.1) is 11.3 Å². The molecule has 31 heavy (non-hydrogen) atoms. The van der Waals surface area contributed by atoms with Gasteiger partial charge < -0.3 is 19.6 Å². The standard InChI is InChI=1S/C20H21F3N4O3S/c1-19(2,28)13-7-12(17-24-5-6-31-17)16-15(14(13)20(21,22)23)25-18(30-16)26-8-10-3-4-11(9-26)27(10)29/h5-7,10-11,28-29H,3-4,8-9H2,1-2H3. The summed E-state index contributed by atoms with van der Waals surface area (Å²) in [6, 6.07) is 1.16. The zero-order valence-electron chi connectivity index (χ0n) is 16.8. The molecule has 2 bridgehead atoms. The molecule has 4 heterocycles. The maximum atomic E-state index is 14.2. The third kappa shape index (κ3) is 3.39. The molecule has 1 aromatic carbocycles. The number of anilines is 1. The highest BCUT2D eigenvalue weighted by Crippen LogP contribution is 2.46. The Morgan fingerprint density at radius 1 is 1.19 bits per heavy atom. The van der Waals surface area contributed by atoms with Gasteiger partial charge in [-0.05, 0) is 38.3 Å². The van der Waals surface area contributed by atoms with Crippen LogP contribution >= 0.6 is 11.3 Å². The molecule has 11 heteroatoms. The molecule has 2 fully saturated rings. The number of hydroxylamine groups is 2. The minimum atomic E-state index is -4.74. The lowest BCUT2D eigenvalue weighted by atomic mass is 9.90. The molecule has 2 aliphatic heterocycles. The highest BCUT2D eigenvalue weighted by atomic mass is 32.1. The lowest BCUT2D eigenvalue weighted by Crippen LogP contribution is -2.52. The van der Waals surface area contributed by atoms with Crippen LogP contribution in [0.3, 0.4) is 0 Å². The first-order valence-electron chi connectivity index (χ1n) is 9.93. The van der Waals surface area contributed by atoms with Crippen LogP contribution in [0.4, 0.5) is 19.2 Å². The molecular weight excluding hydrogens is 433 g/mol. The Balaban J connectivity index is 1.74. The van der Waals surface area contributed by atoms with Crippen molar-refractivity contribution in [3.8, 4) is 10.6 Å². The summed E-state index contributed by atoms with van der Waals surface area (Å²) in [5.41, 5.74) is -3.04. The van der Waals surface area contributed by atoms with Gasteiger partial charge in [0.2, 0.25) is 0 Å². The van der Waals surface area contributed by atoms with Gasteiger partial charge in [-0.25, -0.2) is 4.98 Å². The fraction of sp³-hybridized carbons (Fsp3) is 0.500. The summed E-state index contributed by atoms with van der Waals surface area (Å²) >= 11 is 1.26. The van der Waals surface area contributed by atoms with Crippen molar-refractivity contribution in [2.45, 2.75) is 50.6 Å². The highest BCUT2D eigenvalue weighted by Gasteiger charge is 2.44. The van der Waals surface area contributed by atoms with E-state index in [4.69, 9.17) is 4.42 Å². The molecule has 166 valence electrons. The number of oxazole rings is 1. The van der Waals surface area contributed by atoms with Crippen LogP contribution < -0.4 is 4.90 Å². The highest BCUT2D eigenvalue weighted by molar-refractivity contribution is 7.13. The third-order valence-corrected chi connectivity index (χ3v) is 6.78. The maximum absolute atomic E-state index is 14.2. The quantitative estimate of drug-likeness (QED) is 0.612. The fourth-order valence-electron chi connectivity index (χ4n) is 4.53. The van der Waals surface area contributed by atoms with Gasteiger partial charge >= 0.3 is 6.18 Å². The van der Waals surface area contributed by atoms with E-state index >= 15 is 0 Å². The Morgan fingerprint density at radius 3 is 2.42 bits per heavy atom. The van der Waals surface area contributed by atoms with E-state index in [9.17, 15) is 23.5 Å². The summed E-state index contributed by atoms with van der Waals surface area (Å²) in [5, 5.41) is 24.2. The van der Waals surface area contributed by atoms with Gasteiger partial charge in [-0.1, -0.05) is 0 Å². The van der Waals surface area contributed by atoms with Crippen molar-refractivity contribution in [2.24, 2.45) is 0 Å². The van der Waals surface area contributed by atoms with Crippen LogP contribution in [-0.2, 0) is 11.8 Å². The monoisotopic (exact) mass is 454 g/mol. The van der Waals surface area contributed by atoms with Crippen LogP contribution in [-0.4, -0.2) is 50.5 Å². The first kappa shape index (κ1) is 20.7. The molecule has 0 radical (unpaired) electrons. The number of halogens is 3. The first-order chi connectivity index (χ1) is 14.5. The number of fused-ring (bicyclic) bond motifs is 3. The van der Waals surface area contributed by atoms with Gasteiger partial charge in [0.25, 0.3) is 6.01 Å². The maximum Gasteiger partial charge on any atom is 0.419 e. The van der Waals surface area contributed by atoms with Crippen molar-refractivity contribution >= 4 is 28.5 Å². The lowest BCUT2D eigenvalue weighted by molar-refractivity contribution is -0.139. The van der Waals surface area contributed by atoms with E-state index in [1.807, 2.05) is 0 Å². The molecule has 0 aliphatic carbocycles. The van der Waals surface area contributed by atoms with E-state index in [2.05, 4.69) is 9.97 Å². The molecule has 2 atom stereocenters. The summed E-state index contributed by atoms with van der Waals surface area (Å²) in [5.74, 6) is 0. The zero-order chi connectivity index (χ0) is 22.1. The van der Waals surface area contributed by atoms with Crippen LogP contribution in [0.15, 0.2) is 22.1 Å². The summed E-state index contributed by atoms with van der Waals surface area (Å²) in [7, 11) is 0. The van der Waals surface area contributed by atoms with Crippen molar-refractivity contribution < 1.29 is 27.9 Å². The predicted molar refractivity (Wildman–Crippen MR) is 108 cm³/mol. The van der Waals surface area contributed by atoms with Crippen molar-refractivity contribution in [3.05, 3.63) is 28.8 Å². The molecule has 2 aliphatic rings. The Hall–Kier alpha value is -2.21. The first-order valence-corrected chi connectivity index (χ1v) is 10.8. The number of rotatable bonds is 3. The van der Waals surface area contributed by atoms with E-state index < -0.39 is 17.3 Å². The third-order valence-electron chi connectivity index (χ3n) is 5.97. The van der Waals surface area contributed by atoms with Crippen LogP contribution in [0, 0.1) is 0 Å². The van der Waals surface area contributed by atoms with Crippen molar-refractivity contribution in [3.63, 3.8) is 0 Å². The minimum absolute atomic E-state index is 0.0101. The average molecular weight is 454 g/mol. The van der Waals surface area contributed by atoms with E-state index in [0.717, 1.165) is 12.8 Å². The zero-order valence-corrected chi connectivity index (χ0v) is 17.7. The summed E-state index contributed by atoms with van der Waals surface area (Å²) < 4.78 is 48.4. The van der Waals surface area contributed by atoms with Crippen molar-refractivity contribution in [2.75, 3.05) is 18.0 Å². The molecule has 0 amide bonds. The Bertz CT molecular complexity index is 1110. The number of aromatic nitrogens is 2. The molecule has 0 spiro atoms. The molecule has 2 N–H and O–H groups in total. The number of thiazole rings is 1. The molecular formula is C20H21F3N4O3S. The second-order valence-electron chi connectivity index (χ2n) is 8.58. The van der Waals surface area contributed by atoms with Gasteiger partial charge in [0.1, 0.15) is 10.5 Å². The van der Waals surface area contributed by atoms with Gasteiger partial charge in [0.05, 0.1) is 28.8 Å². The van der Waals surface area contributed by atoms with Crippen LogP contribution in [0.25, 0.3) is 21.7 Å². The van der Waals surface area contributed by atoms with E-state index in [0.29, 0.717) is 23.7 Å². The number of hydrogen-bond acceptors (Lipinski definition) is 8. The van der Waals surface area contributed by atoms with Gasteiger partial charge in [0.15, 0.2) is 5.58 Å². The van der Waals surface area contributed by atoms with E-state index in [1.54, 1.807) is 16.5 Å². The fourth-order valence-corrected chi connectivity index (χ4v) is 5.18. The van der Waals surface area contributed by atoms with Crippen LogP contribution in [0.5, 0.6) is 0 Å². The minimum Gasteiger partial charge on any atom is -0.423 e. The van der Waals surface area contributed by atoms with Gasteiger partial charge in [-0.2, -0.15) is 23.2 Å². The second kappa shape index (κ2) is 6.89. The SMILES string of the molecule is CC(C)(O)c1cc(-c2nccs2)c2oc(N3CC4CCC(C3)N4O)nc2c1C(F)(F)F. The normalized spacial score (nSPS) is 22.6. The smallest absolute Gasteiger partial charge is 0.419 e. The van der Waals surface area contributed by atoms with E-state index in [1.165, 1.54) is 36.3 Å². The molecule has 2 unspecified atom stereocenters. The Morgan fingerprint density at radius 2 is 1.87 bits per heavy atom. The Kier molecular flexibility index (Phi) is 4.60. The molecule has 5 rings (SSSR count). The molecule has 7 nitrogen and oxygen atoms in total. The number of piperazine rings is 1. The topological polar surface area (TPSA) is 85.9 Å². The molecule has 2 aromatic heterocycles.